The molecule has 1 heterocycles. The van der Waals surface area contributed by atoms with Gasteiger partial charge in [0.15, 0.2) is 5.75 Å². The zero-order valence-electron chi connectivity index (χ0n) is 6.24. The molecule has 4 nitrogen and oxygen atoms in total. The van der Waals surface area contributed by atoms with Crippen LogP contribution in [0.3, 0.4) is 0 Å². The highest BCUT2D eigenvalue weighted by atomic mass is 17.1. The number of aryl methyl sites for hydroxylation is 1. The number of aromatic nitrogens is 1. The van der Waals surface area contributed by atoms with Gasteiger partial charge in [0.25, 0.3) is 0 Å². The second-order valence-corrected chi connectivity index (χ2v) is 2.18. The maximum absolute atomic E-state index is 8.43. The summed E-state index contributed by atoms with van der Waals surface area (Å²) < 4.78 is 0. The van der Waals surface area contributed by atoms with Gasteiger partial charge in [-0.25, -0.2) is 5.26 Å². The first-order valence-electron chi connectivity index (χ1n) is 3.25. The fraction of sp³-hybridized carbons (Fsp3) is 0.286. The molecule has 0 aliphatic rings. The second-order valence-electron chi connectivity index (χ2n) is 2.18. The molecule has 0 bridgehead atoms. The molecule has 0 atom stereocenters. The zero-order valence-corrected chi connectivity index (χ0v) is 6.24. The van der Waals surface area contributed by atoms with Crippen molar-refractivity contribution in [2.24, 2.45) is 5.73 Å². The van der Waals surface area contributed by atoms with Crippen molar-refractivity contribution in [3.05, 3.63) is 23.5 Å². The topological polar surface area (TPSA) is 68.4 Å². The zero-order chi connectivity index (χ0) is 8.27. The summed E-state index contributed by atoms with van der Waals surface area (Å²) in [5.41, 5.74) is 6.76. The molecule has 0 aromatic carbocycles. The van der Waals surface area contributed by atoms with Crippen molar-refractivity contribution in [1.82, 2.24) is 4.98 Å². The van der Waals surface area contributed by atoms with E-state index in [4.69, 9.17) is 11.0 Å². The Morgan fingerprint density at radius 3 is 2.91 bits per heavy atom. The van der Waals surface area contributed by atoms with Gasteiger partial charge < -0.3 is 10.6 Å². The second kappa shape index (κ2) is 3.32. The highest BCUT2D eigenvalue weighted by Crippen LogP contribution is 2.19. The van der Waals surface area contributed by atoms with E-state index in [1.54, 1.807) is 19.2 Å². The predicted octanol–water partition coefficient (Wildman–Crippen LogP) is 0.701. The maximum atomic E-state index is 8.43. The average Bonchev–Trinajstić information content (AvgIpc) is 2.04. The van der Waals surface area contributed by atoms with Crippen LogP contribution in [-0.4, -0.2) is 10.2 Å². The highest BCUT2D eigenvalue weighted by molar-refractivity contribution is 5.35. The van der Waals surface area contributed by atoms with Crippen LogP contribution in [0.15, 0.2) is 12.3 Å². The maximum Gasteiger partial charge on any atom is 0.190 e. The smallest absolute Gasteiger partial charge is 0.190 e. The van der Waals surface area contributed by atoms with Gasteiger partial charge in [-0.2, -0.15) is 0 Å². The molecule has 0 amide bonds. The lowest BCUT2D eigenvalue weighted by molar-refractivity contribution is -0.139. The predicted molar refractivity (Wildman–Crippen MR) is 40.1 cm³/mol. The van der Waals surface area contributed by atoms with Crippen LogP contribution in [0.25, 0.3) is 0 Å². The first-order chi connectivity index (χ1) is 5.29. The van der Waals surface area contributed by atoms with Crippen LogP contribution in [-0.2, 0) is 6.54 Å². The van der Waals surface area contributed by atoms with Gasteiger partial charge in [0.05, 0.1) is 5.69 Å². The van der Waals surface area contributed by atoms with Gasteiger partial charge in [-0.3, -0.25) is 4.98 Å². The molecule has 0 aliphatic heterocycles. The third kappa shape index (κ3) is 1.47. The first kappa shape index (κ1) is 7.97. The Labute approximate surface area is 64.6 Å². The van der Waals surface area contributed by atoms with Gasteiger partial charge >= 0.3 is 0 Å². The normalized spacial score (nSPS) is 9.73. The summed E-state index contributed by atoms with van der Waals surface area (Å²) in [6.45, 7) is 2.07. The van der Waals surface area contributed by atoms with E-state index in [0.717, 1.165) is 5.56 Å². The molecule has 11 heavy (non-hydrogen) atoms. The average molecular weight is 154 g/mol. The molecule has 1 rings (SSSR count). The van der Waals surface area contributed by atoms with E-state index in [2.05, 4.69) is 9.87 Å². The molecule has 0 aliphatic carbocycles. The number of hydrogen-bond donors (Lipinski definition) is 2. The fourth-order valence-corrected chi connectivity index (χ4v) is 0.891. The van der Waals surface area contributed by atoms with Crippen molar-refractivity contribution in [3.63, 3.8) is 0 Å². The number of nitrogens with two attached hydrogens (primary N) is 1. The number of pyridine rings is 1. The lowest BCUT2D eigenvalue weighted by Gasteiger charge is -2.04. The largest absolute Gasteiger partial charge is 0.338 e. The molecule has 0 radical (unpaired) electrons. The SMILES string of the molecule is Cc1nccc(CN)c1OO. The lowest BCUT2D eigenvalue weighted by atomic mass is 10.2. The molecular formula is C7H10N2O2. The van der Waals surface area contributed by atoms with E-state index >= 15 is 0 Å². The molecule has 0 spiro atoms. The quantitative estimate of drug-likeness (QED) is 0.486. The Kier molecular flexibility index (Phi) is 2.40. The molecular weight excluding hydrogens is 144 g/mol. The summed E-state index contributed by atoms with van der Waals surface area (Å²) in [4.78, 5) is 8.04. The minimum atomic E-state index is 0.333. The van der Waals surface area contributed by atoms with Crippen molar-refractivity contribution in [1.29, 1.82) is 0 Å². The Balaban J connectivity index is 3.13. The number of rotatable bonds is 2. The third-order valence-corrected chi connectivity index (χ3v) is 1.48. The Bertz CT molecular complexity index is 250. The summed E-state index contributed by atoms with van der Waals surface area (Å²) in [6, 6.07) is 1.71. The van der Waals surface area contributed by atoms with Crippen LogP contribution in [0, 0.1) is 6.92 Å². The van der Waals surface area contributed by atoms with Gasteiger partial charge in [0.2, 0.25) is 0 Å². The number of hydrogen-bond acceptors (Lipinski definition) is 4. The molecule has 1 aromatic heterocycles. The van der Waals surface area contributed by atoms with Crippen molar-refractivity contribution in [3.8, 4) is 5.75 Å². The molecule has 0 fully saturated rings. The minimum absolute atomic E-state index is 0.333. The van der Waals surface area contributed by atoms with E-state index in [1.165, 1.54) is 0 Å². The molecule has 1 aromatic rings. The van der Waals surface area contributed by atoms with E-state index < -0.39 is 0 Å². The molecule has 0 unspecified atom stereocenters. The van der Waals surface area contributed by atoms with Crippen LogP contribution in [0.2, 0.25) is 0 Å². The van der Waals surface area contributed by atoms with Crippen LogP contribution in [0.1, 0.15) is 11.3 Å². The summed E-state index contributed by atoms with van der Waals surface area (Å²) in [5, 5.41) is 8.43. The molecule has 0 saturated carbocycles. The van der Waals surface area contributed by atoms with Gasteiger partial charge in [-0.05, 0) is 13.0 Å². The van der Waals surface area contributed by atoms with Crippen molar-refractivity contribution in [2.45, 2.75) is 13.5 Å². The van der Waals surface area contributed by atoms with Gasteiger partial charge in [0.1, 0.15) is 0 Å². The Morgan fingerprint density at radius 2 is 2.45 bits per heavy atom. The van der Waals surface area contributed by atoms with Gasteiger partial charge in [-0.15, -0.1) is 0 Å². The summed E-state index contributed by atoms with van der Waals surface area (Å²) in [5.74, 6) is 0.356. The fourth-order valence-electron chi connectivity index (χ4n) is 0.891. The summed E-state index contributed by atoms with van der Waals surface area (Å²) >= 11 is 0. The van der Waals surface area contributed by atoms with Crippen LogP contribution in [0.4, 0.5) is 0 Å². The minimum Gasteiger partial charge on any atom is -0.338 e. The molecule has 60 valence electrons. The standard InChI is InChI=1S/C7H10N2O2/c1-5-7(11-10)6(4-8)2-3-9-5/h2-3,10H,4,8H2,1H3. The van der Waals surface area contributed by atoms with Crippen LogP contribution in [0.5, 0.6) is 5.75 Å². The molecule has 3 N–H and O–H groups in total. The highest BCUT2D eigenvalue weighted by Gasteiger charge is 2.05. The van der Waals surface area contributed by atoms with E-state index in [1.807, 2.05) is 0 Å². The van der Waals surface area contributed by atoms with Crippen LogP contribution < -0.4 is 10.6 Å². The third-order valence-electron chi connectivity index (χ3n) is 1.48. The van der Waals surface area contributed by atoms with E-state index in [0.29, 0.717) is 18.0 Å². The van der Waals surface area contributed by atoms with Crippen LogP contribution >= 0.6 is 0 Å². The Hall–Kier alpha value is -1.13. The molecule has 4 heteroatoms. The van der Waals surface area contributed by atoms with Crippen molar-refractivity contribution in [2.75, 3.05) is 0 Å². The summed E-state index contributed by atoms with van der Waals surface area (Å²) in [6.07, 6.45) is 1.63. The summed E-state index contributed by atoms with van der Waals surface area (Å²) in [7, 11) is 0. The first-order valence-corrected chi connectivity index (χ1v) is 3.25. The van der Waals surface area contributed by atoms with Gasteiger partial charge in [0, 0.05) is 18.3 Å². The Morgan fingerprint density at radius 1 is 1.73 bits per heavy atom. The van der Waals surface area contributed by atoms with Gasteiger partial charge in [-0.1, -0.05) is 0 Å². The van der Waals surface area contributed by atoms with E-state index in [9.17, 15) is 0 Å². The van der Waals surface area contributed by atoms with E-state index in [-0.39, 0.29) is 0 Å². The number of nitrogens with zero attached hydrogens (tertiary/aromatic N) is 1. The van der Waals surface area contributed by atoms with Crippen molar-refractivity contribution < 1.29 is 10.1 Å². The molecule has 0 saturated heterocycles. The monoisotopic (exact) mass is 154 g/mol. The van der Waals surface area contributed by atoms with Crippen molar-refractivity contribution >= 4 is 0 Å². The lowest BCUT2D eigenvalue weighted by Crippen LogP contribution is -2.02.